The number of carbonyl (C=O) groups excluding carboxylic acids is 1. The van der Waals surface area contributed by atoms with Gasteiger partial charge in [-0.15, -0.1) is 0 Å². The number of nitrogens with one attached hydrogen (secondary N) is 2. The first-order valence-corrected chi connectivity index (χ1v) is 7.48. The van der Waals surface area contributed by atoms with Crippen LogP contribution in [0.2, 0.25) is 0 Å². The minimum Gasteiger partial charge on any atom is -0.379 e. The van der Waals surface area contributed by atoms with E-state index in [-0.39, 0.29) is 12.1 Å². The molecule has 2 N–H and O–H groups in total. The molecule has 0 radical (unpaired) electrons. The Balaban J connectivity index is 1.58. The molecule has 0 unspecified atom stereocenters. The molecule has 7 nitrogen and oxygen atoms in total. The Morgan fingerprint density at radius 3 is 2.90 bits per heavy atom. The number of aromatic nitrogens is 2. The molecule has 1 fully saturated rings. The summed E-state index contributed by atoms with van der Waals surface area (Å²) in [6, 6.07) is -0.175. The van der Waals surface area contributed by atoms with E-state index in [0.29, 0.717) is 6.54 Å². The van der Waals surface area contributed by atoms with Crippen molar-refractivity contribution in [3.8, 4) is 0 Å². The fraction of sp³-hybridized carbons (Fsp3) is 0.714. The van der Waals surface area contributed by atoms with Gasteiger partial charge >= 0.3 is 6.03 Å². The van der Waals surface area contributed by atoms with Gasteiger partial charge in [0, 0.05) is 38.4 Å². The summed E-state index contributed by atoms with van der Waals surface area (Å²) >= 11 is 0. The van der Waals surface area contributed by atoms with Crippen LogP contribution in [0.3, 0.4) is 0 Å². The van der Waals surface area contributed by atoms with E-state index in [2.05, 4.69) is 20.6 Å². The fourth-order valence-electron chi connectivity index (χ4n) is 2.32. The van der Waals surface area contributed by atoms with Gasteiger partial charge in [0.05, 0.1) is 25.5 Å². The number of hydrogen-bond acceptors (Lipinski definition) is 4. The van der Waals surface area contributed by atoms with Gasteiger partial charge in [-0.2, -0.15) is 5.10 Å². The maximum atomic E-state index is 11.8. The molecule has 1 aromatic heterocycles. The Morgan fingerprint density at radius 2 is 2.24 bits per heavy atom. The van der Waals surface area contributed by atoms with Gasteiger partial charge in [-0.1, -0.05) is 0 Å². The van der Waals surface area contributed by atoms with Crippen LogP contribution in [0.5, 0.6) is 0 Å². The molecule has 0 spiro atoms. The van der Waals surface area contributed by atoms with E-state index in [9.17, 15) is 4.79 Å². The minimum absolute atomic E-state index is 0.0436. The van der Waals surface area contributed by atoms with Crippen LogP contribution in [0.4, 0.5) is 4.79 Å². The van der Waals surface area contributed by atoms with Crippen molar-refractivity contribution in [1.29, 1.82) is 0 Å². The number of amides is 2. The summed E-state index contributed by atoms with van der Waals surface area (Å²) in [5.74, 6) is 0. The zero-order valence-electron chi connectivity index (χ0n) is 12.8. The predicted molar refractivity (Wildman–Crippen MR) is 80.0 cm³/mol. The highest BCUT2D eigenvalue weighted by atomic mass is 16.5. The van der Waals surface area contributed by atoms with Crippen molar-refractivity contribution in [2.75, 3.05) is 39.4 Å². The lowest BCUT2D eigenvalue weighted by molar-refractivity contribution is 0.0375. The zero-order chi connectivity index (χ0) is 15.1. The first-order chi connectivity index (χ1) is 10.1. The largest absolute Gasteiger partial charge is 0.379 e. The molecule has 1 aromatic rings. The van der Waals surface area contributed by atoms with Crippen molar-refractivity contribution in [1.82, 2.24) is 25.3 Å². The van der Waals surface area contributed by atoms with E-state index in [1.807, 2.05) is 20.2 Å². The van der Waals surface area contributed by atoms with Gasteiger partial charge in [-0.25, -0.2) is 4.79 Å². The molecule has 118 valence electrons. The lowest BCUT2D eigenvalue weighted by atomic mass is 10.2. The highest BCUT2D eigenvalue weighted by Gasteiger charge is 2.11. The Kier molecular flexibility index (Phi) is 6.01. The first kappa shape index (κ1) is 15.8. The topological polar surface area (TPSA) is 71.4 Å². The van der Waals surface area contributed by atoms with Crippen molar-refractivity contribution < 1.29 is 9.53 Å². The van der Waals surface area contributed by atoms with Crippen LogP contribution in [0.25, 0.3) is 0 Å². The number of rotatable bonds is 6. The summed E-state index contributed by atoms with van der Waals surface area (Å²) in [4.78, 5) is 14.2. The minimum atomic E-state index is -0.131. The summed E-state index contributed by atoms with van der Waals surface area (Å²) in [5.41, 5.74) is 1.00. The van der Waals surface area contributed by atoms with E-state index in [1.165, 1.54) is 0 Å². The molecule has 2 amide bonds. The van der Waals surface area contributed by atoms with Crippen LogP contribution < -0.4 is 10.6 Å². The van der Waals surface area contributed by atoms with Crippen molar-refractivity contribution in [3.63, 3.8) is 0 Å². The monoisotopic (exact) mass is 295 g/mol. The highest BCUT2D eigenvalue weighted by molar-refractivity contribution is 5.74. The molecule has 1 aliphatic rings. The summed E-state index contributed by atoms with van der Waals surface area (Å²) < 4.78 is 7.03. The van der Waals surface area contributed by atoms with E-state index in [1.54, 1.807) is 10.9 Å². The van der Waals surface area contributed by atoms with Crippen LogP contribution in [-0.2, 0) is 11.8 Å². The summed E-state index contributed by atoms with van der Waals surface area (Å²) in [7, 11) is 1.86. The second-order valence-electron chi connectivity index (χ2n) is 5.38. The van der Waals surface area contributed by atoms with Crippen molar-refractivity contribution in [2.24, 2.45) is 7.05 Å². The van der Waals surface area contributed by atoms with Crippen molar-refractivity contribution >= 4 is 6.03 Å². The van der Waals surface area contributed by atoms with E-state index in [0.717, 1.165) is 44.8 Å². The molecule has 7 heteroatoms. The highest BCUT2D eigenvalue weighted by Crippen LogP contribution is 2.09. The van der Waals surface area contributed by atoms with Gasteiger partial charge in [0.25, 0.3) is 0 Å². The number of hydrogen-bond donors (Lipinski definition) is 2. The lowest BCUT2D eigenvalue weighted by Gasteiger charge is -2.26. The standard InChI is InChI=1S/C14H25N5O2/c1-12(13-10-16-18(2)11-13)17-14(20)15-4-3-5-19-6-8-21-9-7-19/h10-12H,3-9H2,1-2H3,(H2,15,17,20)/t12-/m1/s1. The number of carbonyl (C=O) groups is 1. The number of urea groups is 1. The fourth-order valence-corrected chi connectivity index (χ4v) is 2.32. The molecule has 21 heavy (non-hydrogen) atoms. The van der Waals surface area contributed by atoms with Gasteiger partial charge < -0.3 is 15.4 Å². The first-order valence-electron chi connectivity index (χ1n) is 7.48. The Labute approximate surface area is 125 Å². The third-order valence-corrected chi connectivity index (χ3v) is 3.61. The SMILES string of the molecule is C[C@@H](NC(=O)NCCCN1CCOCC1)c1cnn(C)c1. The quantitative estimate of drug-likeness (QED) is 0.750. The molecular weight excluding hydrogens is 270 g/mol. The predicted octanol–water partition coefficient (Wildman–Crippen LogP) is 0.503. The molecular formula is C14H25N5O2. The average molecular weight is 295 g/mol. The van der Waals surface area contributed by atoms with Crippen LogP contribution in [0, 0.1) is 0 Å². The second kappa shape index (κ2) is 7.99. The van der Waals surface area contributed by atoms with Crippen LogP contribution in [-0.4, -0.2) is 60.1 Å². The Hall–Kier alpha value is -1.60. The van der Waals surface area contributed by atoms with Gasteiger partial charge in [0.1, 0.15) is 0 Å². The molecule has 1 saturated heterocycles. The molecule has 0 bridgehead atoms. The molecule has 0 aliphatic carbocycles. The van der Waals surface area contributed by atoms with Crippen molar-refractivity contribution in [2.45, 2.75) is 19.4 Å². The third-order valence-electron chi connectivity index (χ3n) is 3.61. The van der Waals surface area contributed by atoms with E-state index >= 15 is 0 Å². The van der Waals surface area contributed by atoms with E-state index in [4.69, 9.17) is 4.74 Å². The van der Waals surface area contributed by atoms with Gasteiger partial charge in [-0.3, -0.25) is 9.58 Å². The van der Waals surface area contributed by atoms with E-state index < -0.39 is 0 Å². The number of ether oxygens (including phenoxy) is 1. The molecule has 2 heterocycles. The normalized spacial score (nSPS) is 17.4. The third kappa shape index (κ3) is 5.35. The smallest absolute Gasteiger partial charge is 0.315 e. The molecule has 0 saturated carbocycles. The number of aryl methyl sites for hydroxylation is 1. The summed E-state index contributed by atoms with van der Waals surface area (Å²) in [6.45, 7) is 7.25. The molecule has 1 aliphatic heterocycles. The average Bonchev–Trinajstić information content (AvgIpc) is 2.91. The second-order valence-corrected chi connectivity index (χ2v) is 5.38. The zero-order valence-corrected chi connectivity index (χ0v) is 12.8. The molecule has 0 aromatic carbocycles. The maximum Gasteiger partial charge on any atom is 0.315 e. The Bertz CT molecular complexity index is 442. The van der Waals surface area contributed by atoms with Crippen LogP contribution >= 0.6 is 0 Å². The molecule has 2 rings (SSSR count). The number of nitrogens with zero attached hydrogens (tertiary/aromatic N) is 3. The lowest BCUT2D eigenvalue weighted by Crippen LogP contribution is -2.40. The maximum absolute atomic E-state index is 11.8. The summed E-state index contributed by atoms with van der Waals surface area (Å²) in [5, 5.41) is 9.91. The van der Waals surface area contributed by atoms with Crippen molar-refractivity contribution in [3.05, 3.63) is 18.0 Å². The Morgan fingerprint density at radius 1 is 1.48 bits per heavy atom. The van der Waals surface area contributed by atoms with Crippen LogP contribution in [0.1, 0.15) is 24.9 Å². The van der Waals surface area contributed by atoms with Gasteiger partial charge in [0.15, 0.2) is 0 Å². The molecule has 1 atom stereocenters. The van der Waals surface area contributed by atoms with Crippen LogP contribution in [0.15, 0.2) is 12.4 Å². The van der Waals surface area contributed by atoms with Gasteiger partial charge in [-0.05, 0) is 19.9 Å². The summed E-state index contributed by atoms with van der Waals surface area (Å²) in [6.07, 6.45) is 4.63. The van der Waals surface area contributed by atoms with Gasteiger partial charge in [0.2, 0.25) is 0 Å². The number of morpholine rings is 1.